The Morgan fingerprint density at radius 1 is 1.00 bits per heavy atom. The van der Waals surface area contributed by atoms with Crippen LogP contribution in [0, 0.1) is 0 Å². The van der Waals surface area contributed by atoms with E-state index in [1.54, 1.807) is 6.92 Å². The lowest BCUT2D eigenvalue weighted by atomic mass is 10.1. The highest BCUT2D eigenvalue weighted by Crippen LogP contribution is 2.25. The first-order valence-corrected chi connectivity index (χ1v) is 9.34. The van der Waals surface area contributed by atoms with E-state index in [0.29, 0.717) is 30.4 Å². The third-order valence-corrected chi connectivity index (χ3v) is 4.62. The van der Waals surface area contributed by atoms with Crippen LogP contribution in [0.3, 0.4) is 0 Å². The maximum Gasteiger partial charge on any atom is 0.163 e. The van der Waals surface area contributed by atoms with Gasteiger partial charge in [-0.2, -0.15) is 0 Å². The van der Waals surface area contributed by atoms with E-state index < -0.39 is 0 Å². The van der Waals surface area contributed by atoms with Gasteiger partial charge in [-0.15, -0.1) is 0 Å². The predicted octanol–water partition coefficient (Wildman–Crippen LogP) is 3.93. The average Bonchev–Trinajstić information content (AvgIpc) is 2.75. The molecule has 0 amide bonds. The van der Waals surface area contributed by atoms with Crippen molar-refractivity contribution in [3.8, 4) is 11.4 Å². The smallest absolute Gasteiger partial charge is 0.163 e. The van der Waals surface area contributed by atoms with Crippen molar-refractivity contribution < 1.29 is 9.53 Å². The summed E-state index contributed by atoms with van der Waals surface area (Å²) in [5.41, 5.74) is 2.44. The van der Waals surface area contributed by atoms with Gasteiger partial charge in [-0.3, -0.25) is 4.79 Å². The highest BCUT2D eigenvalue weighted by atomic mass is 16.5. The van der Waals surface area contributed by atoms with Crippen LogP contribution in [0.15, 0.2) is 60.7 Å². The number of aromatic nitrogens is 2. The number of nitrogens with one attached hydrogen (secondary N) is 1. The third kappa shape index (κ3) is 4.18. The zero-order chi connectivity index (χ0) is 19.3. The quantitative estimate of drug-likeness (QED) is 0.683. The van der Waals surface area contributed by atoms with Gasteiger partial charge >= 0.3 is 0 Å². The number of anilines is 3. The van der Waals surface area contributed by atoms with Gasteiger partial charge in [0.2, 0.25) is 0 Å². The summed E-state index contributed by atoms with van der Waals surface area (Å²) >= 11 is 0. The SMILES string of the molecule is CC(=O)c1cccc(Nc2cc(N3CCOCC3)nc(-c3ccccc3)n2)c1. The molecule has 0 saturated carbocycles. The van der Waals surface area contributed by atoms with Crippen LogP contribution < -0.4 is 10.2 Å². The van der Waals surface area contributed by atoms with Crippen molar-refractivity contribution in [3.05, 3.63) is 66.2 Å². The summed E-state index contributed by atoms with van der Waals surface area (Å²) < 4.78 is 5.46. The van der Waals surface area contributed by atoms with E-state index in [1.807, 2.05) is 60.7 Å². The first-order valence-electron chi connectivity index (χ1n) is 9.34. The first-order chi connectivity index (χ1) is 13.7. The third-order valence-electron chi connectivity index (χ3n) is 4.62. The van der Waals surface area contributed by atoms with Gasteiger partial charge in [0.25, 0.3) is 0 Å². The topological polar surface area (TPSA) is 67.4 Å². The van der Waals surface area contributed by atoms with E-state index in [0.717, 1.165) is 30.2 Å². The molecule has 0 atom stereocenters. The molecule has 1 saturated heterocycles. The summed E-state index contributed by atoms with van der Waals surface area (Å²) in [4.78, 5) is 23.4. The number of nitrogens with zero attached hydrogens (tertiary/aromatic N) is 3. The van der Waals surface area contributed by atoms with Gasteiger partial charge in [0.1, 0.15) is 11.6 Å². The number of hydrogen-bond acceptors (Lipinski definition) is 6. The second kappa shape index (κ2) is 8.19. The lowest BCUT2D eigenvalue weighted by molar-refractivity contribution is 0.101. The summed E-state index contributed by atoms with van der Waals surface area (Å²) in [5, 5.41) is 3.33. The number of morpholine rings is 1. The molecule has 1 aromatic heterocycles. The van der Waals surface area contributed by atoms with Gasteiger partial charge in [-0.05, 0) is 19.1 Å². The molecule has 0 unspecified atom stereocenters. The summed E-state index contributed by atoms with van der Waals surface area (Å²) in [5.74, 6) is 2.25. The molecule has 0 aliphatic carbocycles. The maximum atomic E-state index is 11.7. The number of benzene rings is 2. The van der Waals surface area contributed by atoms with Crippen LogP contribution in [0.1, 0.15) is 17.3 Å². The number of Topliss-reactive ketones (excluding diaryl/α,β-unsaturated/α-hetero) is 1. The van der Waals surface area contributed by atoms with E-state index in [2.05, 4.69) is 10.2 Å². The Labute approximate surface area is 164 Å². The van der Waals surface area contributed by atoms with Crippen LogP contribution in [-0.4, -0.2) is 42.1 Å². The zero-order valence-electron chi connectivity index (χ0n) is 15.8. The van der Waals surface area contributed by atoms with Gasteiger partial charge < -0.3 is 15.0 Å². The van der Waals surface area contributed by atoms with Crippen molar-refractivity contribution in [1.29, 1.82) is 0 Å². The summed E-state index contributed by atoms with van der Waals surface area (Å²) in [7, 11) is 0. The van der Waals surface area contributed by atoms with Gasteiger partial charge in [0, 0.05) is 36.0 Å². The Morgan fingerprint density at radius 2 is 1.79 bits per heavy atom. The minimum atomic E-state index is 0.0327. The van der Waals surface area contributed by atoms with Gasteiger partial charge in [-0.1, -0.05) is 42.5 Å². The molecule has 28 heavy (non-hydrogen) atoms. The van der Waals surface area contributed by atoms with Gasteiger partial charge in [-0.25, -0.2) is 9.97 Å². The molecule has 2 heterocycles. The molecule has 0 bridgehead atoms. The largest absolute Gasteiger partial charge is 0.378 e. The van der Waals surface area contributed by atoms with Crippen LogP contribution in [0.5, 0.6) is 0 Å². The molecule has 6 nitrogen and oxygen atoms in total. The molecule has 3 aromatic rings. The van der Waals surface area contributed by atoms with Crippen molar-refractivity contribution in [2.24, 2.45) is 0 Å². The van der Waals surface area contributed by atoms with Crippen molar-refractivity contribution in [1.82, 2.24) is 9.97 Å². The molecular formula is C22H22N4O2. The number of carbonyl (C=O) groups excluding carboxylic acids is 1. The van der Waals surface area contributed by atoms with Crippen molar-refractivity contribution in [3.63, 3.8) is 0 Å². The molecule has 1 fully saturated rings. The summed E-state index contributed by atoms with van der Waals surface area (Å²) in [6.45, 7) is 4.53. The molecular weight excluding hydrogens is 352 g/mol. The second-order valence-electron chi connectivity index (χ2n) is 6.66. The Kier molecular flexibility index (Phi) is 5.30. The van der Waals surface area contributed by atoms with Crippen LogP contribution in [0.25, 0.3) is 11.4 Å². The van der Waals surface area contributed by atoms with Crippen molar-refractivity contribution in [2.45, 2.75) is 6.92 Å². The maximum absolute atomic E-state index is 11.7. The van der Waals surface area contributed by atoms with Crippen LogP contribution in [0.2, 0.25) is 0 Å². The van der Waals surface area contributed by atoms with E-state index in [-0.39, 0.29) is 5.78 Å². The van der Waals surface area contributed by atoms with Gasteiger partial charge in [0.15, 0.2) is 11.6 Å². The fourth-order valence-corrected chi connectivity index (χ4v) is 3.13. The number of carbonyl (C=O) groups is 1. The van der Waals surface area contributed by atoms with Gasteiger partial charge in [0.05, 0.1) is 13.2 Å². The zero-order valence-corrected chi connectivity index (χ0v) is 15.8. The monoisotopic (exact) mass is 374 g/mol. The molecule has 2 aromatic carbocycles. The summed E-state index contributed by atoms with van der Waals surface area (Å²) in [6, 6.07) is 19.3. The standard InChI is InChI=1S/C22H22N4O2/c1-16(27)18-8-5-9-19(14-18)23-20-15-21(26-10-12-28-13-11-26)25-22(24-20)17-6-3-2-4-7-17/h2-9,14-15H,10-13H2,1H3,(H,23,24,25). The fraction of sp³-hybridized carbons (Fsp3) is 0.227. The molecule has 142 valence electrons. The molecule has 1 N–H and O–H groups in total. The molecule has 1 aliphatic heterocycles. The van der Waals surface area contributed by atoms with Crippen LogP contribution >= 0.6 is 0 Å². The van der Waals surface area contributed by atoms with E-state index in [9.17, 15) is 4.79 Å². The highest BCUT2D eigenvalue weighted by Gasteiger charge is 2.16. The fourth-order valence-electron chi connectivity index (χ4n) is 3.13. The van der Waals surface area contributed by atoms with Crippen molar-refractivity contribution >= 4 is 23.1 Å². The molecule has 0 radical (unpaired) electrons. The Balaban J connectivity index is 1.71. The lowest BCUT2D eigenvalue weighted by Gasteiger charge is -2.28. The lowest BCUT2D eigenvalue weighted by Crippen LogP contribution is -2.36. The van der Waals surface area contributed by atoms with E-state index >= 15 is 0 Å². The molecule has 1 aliphatic rings. The van der Waals surface area contributed by atoms with Crippen molar-refractivity contribution in [2.75, 3.05) is 36.5 Å². The second-order valence-corrected chi connectivity index (χ2v) is 6.66. The Morgan fingerprint density at radius 3 is 2.54 bits per heavy atom. The van der Waals surface area contributed by atoms with E-state index in [4.69, 9.17) is 14.7 Å². The normalized spacial score (nSPS) is 14.0. The minimum Gasteiger partial charge on any atom is -0.378 e. The Hall–Kier alpha value is -3.25. The number of hydrogen-bond donors (Lipinski definition) is 1. The van der Waals surface area contributed by atoms with E-state index in [1.165, 1.54) is 0 Å². The number of rotatable bonds is 5. The number of ketones is 1. The molecule has 4 rings (SSSR count). The Bertz CT molecular complexity index is 969. The summed E-state index contributed by atoms with van der Waals surface area (Å²) in [6.07, 6.45) is 0. The highest BCUT2D eigenvalue weighted by molar-refractivity contribution is 5.95. The molecule has 6 heteroatoms. The predicted molar refractivity (Wildman–Crippen MR) is 110 cm³/mol. The average molecular weight is 374 g/mol. The minimum absolute atomic E-state index is 0.0327. The first kappa shape index (κ1) is 18.1. The van der Waals surface area contributed by atoms with Crippen LogP contribution in [0.4, 0.5) is 17.3 Å². The number of ether oxygens (including phenoxy) is 1. The molecule has 0 spiro atoms. The van der Waals surface area contributed by atoms with Crippen LogP contribution in [-0.2, 0) is 4.74 Å².